The summed E-state index contributed by atoms with van der Waals surface area (Å²) < 4.78 is 46.6. The zero-order chi connectivity index (χ0) is 20.1. The van der Waals surface area contributed by atoms with E-state index in [-0.39, 0.29) is 21.4 Å². The zero-order valence-electron chi connectivity index (χ0n) is 14.6. The third-order valence-corrected chi connectivity index (χ3v) is 6.30. The number of rotatable bonds is 4. The molecule has 0 aliphatic carbocycles. The highest BCUT2D eigenvalue weighted by molar-refractivity contribution is 7.90. The molecule has 0 saturated heterocycles. The molecule has 1 heterocycles. The second kappa shape index (κ2) is 6.35. The Morgan fingerprint density at radius 1 is 1.04 bits per heavy atom. The molecule has 1 N–H and O–H groups in total. The Kier molecular flexibility index (Phi) is 4.08. The molecule has 4 aromatic rings. The summed E-state index contributed by atoms with van der Waals surface area (Å²) >= 11 is 0. The molecular weight excluding hydrogens is 385 g/mol. The Hall–Kier alpha value is -3.39. The van der Waals surface area contributed by atoms with Crippen molar-refractivity contribution < 1.29 is 27.4 Å². The summed E-state index contributed by atoms with van der Waals surface area (Å²) in [6.45, 7) is 0. The number of halogens is 1. The number of nitrogens with zero attached hydrogens (tertiary/aromatic N) is 1. The standard InChI is InChI=1S/C20H14FNO5S/c1-27-18-8-9-19(14-5-3-2-4-13(14)18)28(25,26)22-11-16(20(23)24)15-10-12(21)6-7-17(15)22/h2-11H,1H3,(H,23,24). The van der Waals surface area contributed by atoms with Crippen LogP contribution in [0.4, 0.5) is 4.39 Å². The minimum Gasteiger partial charge on any atom is -0.496 e. The number of carboxylic acid groups (broad SMARTS) is 1. The van der Waals surface area contributed by atoms with E-state index in [0.717, 1.165) is 22.3 Å². The molecule has 28 heavy (non-hydrogen) atoms. The molecular formula is C20H14FNO5S. The lowest BCUT2D eigenvalue weighted by Gasteiger charge is -2.12. The third-order valence-electron chi connectivity index (χ3n) is 4.56. The Morgan fingerprint density at radius 2 is 1.75 bits per heavy atom. The maximum absolute atomic E-state index is 13.6. The predicted octanol–water partition coefficient (Wildman–Crippen LogP) is 3.88. The summed E-state index contributed by atoms with van der Waals surface area (Å²) in [6, 6.07) is 13.1. The van der Waals surface area contributed by atoms with Gasteiger partial charge in [-0.3, -0.25) is 0 Å². The lowest BCUT2D eigenvalue weighted by Crippen LogP contribution is -2.12. The largest absolute Gasteiger partial charge is 0.496 e. The van der Waals surface area contributed by atoms with Crippen molar-refractivity contribution in [1.29, 1.82) is 0 Å². The molecule has 8 heteroatoms. The first-order chi connectivity index (χ1) is 13.3. The number of hydrogen-bond acceptors (Lipinski definition) is 4. The van der Waals surface area contributed by atoms with E-state index in [4.69, 9.17) is 4.74 Å². The Labute approximate surface area is 159 Å². The van der Waals surface area contributed by atoms with Crippen molar-refractivity contribution in [2.75, 3.05) is 7.11 Å². The van der Waals surface area contributed by atoms with Crippen LogP contribution in [0.25, 0.3) is 21.7 Å². The number of fused-ring (bicyclic) bond motifs is 2. The van der Waals surface area contributed by atoms with E-state index in [9.17, 15) is 22.7 Å². The van der Waals surface area contributed by atoms with Crippen LogP contribution in [-0.4, -0.2) is 30.6 Å². The molecule has 0 unspecified atom stereocenters. The number of carbonyl (C=O) groups is 1. The monoisotopic (exact) mass is 399 g/mol. The lowest BCUT2D eigenvalue weighted by atomic mass is 10.1. The molecule has 1 aromatic heterocycles. The number of hydrogen-bond donors (Lipinski definition) is 1. The normalized spacial score (nSPS) is 11.8. The van der Waals surface area contributed by atoms with Crippen LogP contribution in [0.15, 0.2) is 65.7 Å². The summed E-state index contributed by atoms with van der Waals surface area (Å²) in [5, 5.41) is 10.5. The van der Waals surface area contributed by atoms with Crippen LogP contribution in [0.2, 0.25) is 0 Å². The second-order valence-electron chi connectivity index (χ2n) is 6.12. The van der Waals surface area contributed by atoms with Crippen LogP contribution in [0.5, 0.6) is 5.75 Å². The van der Waals surface area contributed by atoms with E-state index < -0.39 is 21.8 Å². The van der Waals surface area contributed by atoms with Gasteiger partial charge in [-0.2, -0.15) is 0 Å². The van der Waals surface area contributed by atoms with Crippen molar-refractivity contribution in [1.82, 2.24) is 3.97 Å². The van der Waals surface area contributed by atoms with Gasteiger partial charge in [-0.1, -0.05) is 24.3 Å². The van der Waals surface area contributed by atoms with Crippen molar-refractivity contribution in [3.63, 3.8) is 0 Å². The van der Waals surface area contributed by atoms with Crippen LogP contribution < -0.4 is 4.74 Å². The summed E-state index contributed by atoms with van der Waals surface area (Å²) in [5.41, 5.74) is -0.213. The molecule has 0 spiro atoms. The fourth-order valence-electron chi connectivity index (χ4n) is 3.29. The molecule has 0 aliphatic heterocycles. The first-order valence-electron chi connectivity index (χ1n) is 8.20. The minimum absolute atomic E-state index is 0.00823. The Balaban J connectivity index is 2.06. The second-order valence-corrected chi connectivity index (χ2v) is 7.91. The fraction of sp³-hybridized carbons (Fsp3) is 0.0500. The van der Waals surface area contributed by atoms with Gasteiger partial charge < -0.3 is 9.84 Å². The van der Waals surface area contributed by atoms with Gasteiger partial charge >= 0.3 is 5.97 Å². The van der Waals surface area contributed by atoms with Crippen LogP contribution in [0, 0.1) is 5.82 Å². The van der Waals surface area contributed by atoms with Gasteiger partial charge in [0.25, 0.3) is 10.0 Å². The highest BCUT2D eigenvalue weighted by Crippen LogP contribution is 2.34. The van der Waals surface area contributed by atoms with Gasteiger partial charge in [0.1, 0.15) is 11.6 Å². The number of aromatic nitrogens is 1. The maximum atomic E-state index is 13.6. The van der Waals surface area contributed by atoms with E-state index in [1.54, 1.807) is 30.3 Å². The van der Waals surface area contributed by atoms with Gasteiger partial charge in [0.2, 0.25) is 0 Å². The zero-order valence-corrected chi connectivity index (χ0v) is 15.4. The summed E-state index contributed by atoms with van der Waals surface area (Å²) in [5.74, 6) is -1.48. The van der Waals surface area contributed by atoms with Gasteiger partial charge in [-0.25, -0.2) is 21.6 Å². The molecule has 0 bridgehead atoms. The quantitative estimate of drug-likeness (QED) is 0.563. The highest BCUT2D eigenvalue weighted by atomic mass is 32.2. The topological polar surface area (TPSA) is 85.6 Å². The molecule has 3 aromatic carbocycles. The van der Waals surface area contributed by atoms with E-state index in [1.165, 1.54) is 19.2 Å². The molecule has 0 atom stereocenters. The number of carboxylic acids is 1. The Bertz CT molecular complexity index is 1360. The number of ether oxygens (including phenoxy) is 1. The van der Waals surface area contributed by atoms with Gasteiger partial charge in [0.05, 0.1) is 23.1 Å². The highest BCUT2D eigenvalue weighted by Gasteiger charge is 2.26. The molecule has 6 nitrogen and oxygen atoms in total. The van der Waals surface area contributed by atoms with E-state index in [0.29, 0.717) is 16.5 Å². The van der Waals surface area contributed by atoms with Crippen molar-refractivity contribution in [2.45, 2.75) is 4.90 Å². The van der Waals surface area contributed by atoms with Crippen molar-refractivity contribution >= 4 is 37.7 Å². The molecule has 0 amide bonds. The van der Waals surface area contributed by atoms with Gasteiger partial charge in [-0.05, 0) is 30.3 Å². The number of methoxy groups -OCH3 is 1. The van der Waals surface area contributed by atoms with Gasteiger partial charge in [-0.15, -0.1) is 0 Å². The molecule has 0 radical (unpaired) electrons. The fourth-order valence-corrected chi connectivity index (χ4v) is 4.86. The van der Waals surface area contributed by atoms with E-state index in [2.05, 4.69) is 0 Å². The predicted molar refractivity (Wildman–Crippen MR) is 102 cm³/mol. The molecule has 0 aliphatic rings. The summed E-state index contributed by atoms with van der Waals surface area (Å²) in [4.78, 5) is 11.5. The smallest absolute Gasteiger partial charge is 0.337 e. The summed E-state index contributed by atoms with van der Waals surface area (Å²) in [6.07, 6.45) is 1.00. The van der Waals surface area contributed by atoms with E-state index >= 15 is 0 Å². The number of benzene rings is 3. The lowest BCUT2D eigenvalue weighted by molar-refractivity contribution is 0.0699. The molecule has 0 fully saturated rings. The molecule has 4 rings (SSSR count). The van der Waals surface area contributed by atoms with Gasteiger partial charge in [0, 0.05) is 22.4 Å². The Morgan fingerprint density at radius 3 is 2.43 bits per heavy atom. The maximum Gasteiger partial charge on any atom is 0.337 e. The number of aromatic carboxylic acids is 1. The average molecular weight is 399 g/mol. The van der Waals surface area contributed by atoms with Crippen LogP contribution in [0.3, 0.4) is 0 Å². The first-order valence-corrected chi connectivity index (χ1v) is 9.64. The summed E-state index contributed by atoms with van der Waals surface area (Å²) in [7, 11) is -2.68. The minimum atomic E-state index is -4.17. The van der Waals surface area contributed by atoms with Crippen molar-refractivity contribution in [3.8, 4) is 5.75 Å². The SMILES string of the molecule is COc1ccc(S(=O)(=O)n2cc(C(=O)O)c3cc(F)ccc32)c2ccccc12. The van der Waals surface area contributed by atoms with Crippen molar-refractivity contribution in [2.24, 2.45) is 0 Å². The van der Waals surface area contributed by atoms with Crippen LogP contribution in [-0.2, 0) is 10.0 Å². The molecule has 0 saturated carbocycles. The van der Waals surface area contributed by atoms with E-state index in [1.807, 2.05) is 0 Å². The van der Waals surface area contributed by atoms with Crippen LogP contribution >= 0.6 is 0 Å². The van der Waals surface area contributed by atoms with Gasteiger partial charge in [0.15, 0.2) is 0 Å². The van der Waals surface area contributed by atoms with Crippen molar-refractivity contribution in [3.05, 3.63) is 72.2 Å². The van der Waals surface area contributed by atoms with Crippen LogP contribution in [0.1, 0.15) is 10.4 Å². The first kappa shape index (κ1) is 18.0. The molecule has 142 valence electrons. The average Bonchev–Trinajstić information content (AvgIpc) is 3.06. The third kappa shape index (κ3) is 2.61.